The van der Waals surface area contributed by atoms with Gasteiger partial charge in [-0.2, -0.15) is 8.78 Å². The van der Waals surface area contributed by atoms with Gasteiger partial charge in [0.2, 0.25) is 5.89 Å². The van der Waals surface area contributed by atoms with Crippen molar-refractivity contribution >= 4 is 5.65 Å². The van der Waals surface area contributed by atoms with Crippen LogP contribution in [0.1, 0.15) is 23.6 Å². The summed E-state index contributed by atoms with van der Waals surface area (Å²) in [7, 11) is 0. The van der Waals surface area contributed by atoms with Crippen LogP contribution < -0.4 is 0 Å². The molecule has 0 saturated heterocycles. The van der Waals surface area contributed by atoms with Crippen LogP contribution in [-0.2, 0) is 6.42 Å². The molecule has 0 amide bonds. The Labute approximate surface area is 139 Å². The number of halogens is 3. The molecule has 0 saturated carbocycles. The van der Waals surface area contributed by atoms with Crippen molar-refractivity contribution in [3.8, 4) is 11.5 Å². The molecule has 4 rings (SSSR count). The Morgan fingerprint density at radius 2 is 1.88 bits per heavy atom. The first-order chi connectivity index (χ1) is 12.1. The van der Waals surface area contributed by atoms with Crippen LogP contribution in [0.3, 0.4) is 0 Å². The molecule has 0 aliphatic rings. The van der Waals surface area contributed by atoms with E-state index in [4.69, 9.17) is 4.42 Å². The van der Waals surface area contributed by atoms with Crippen molar-refractivity contribution < 1.29 is 17.6 Å². The van der Waals surface area contributed by atoms with Gasteiger partial charge in [-0.15, -0.1) is 10.2 Å². The van der Waals surface area contributed by atoms with E-state index in [0.717, 1.165) is 11.3 Å². The van der Waals surface area contributed by atoms with Gasteiger partial charge in [0.05, 0.1) is 5.69 Å². The number of benzene rings is 1. The monoisotopic (exact) mass is 344 g/mol. The van der Waals surface area contributed by atoms with E-state index in [1.807, 2.05) is 6.20 Å². The van der Waals surface area contributed by atoms with Crippen molar-refractivity contribution in [2.24, 2.45) is 0 Å². The van der Waals surface area contributed by atoms with Crippen molar-refractivity contribution in [3.05, 3.63) is 71.8 Å². The SMILES string of the molecule is Fc1ccc(Cc2cn3ccc(-c4nnc(C(F)F)o4)cc3n2)cc1. The second kappa shape index (κ2) is 6.04. The third kappa shape index (κ3) is 3.10. The quantitative estimate of drug-likeness (QED) is 0.560. The second-order valence-corrected chi connectivity index (χ2v) is 5.46. The number of hydrogen-bond acceptors (Lipinski definition) is 4. The third-order valence-electron chi connectivity index (χ3n) is 3.68. The van der Waals surface area contributed by atoms with Crippen LogP contribution in [0.5, 0.6) is 0 Å². The molecule has 3 aromatic heterocycles. The van der Waals surface area contributed by atoms with Crippen LogP contribution in [0.15, 0.2) is 53.2 Å². The van der Waals surface area contributed by atoms with E-state index in [1.165, 1.54) is 12.1 Å². The van der Waals surface area contributed by atoms with Crippen LogP contribution in [0, 0.1) is 5.82 Å². The van der Waals surface area contributed by atoms with Gasteiger partial charge in [0.25, 0.3) is 5.89 Å². The van der Waals surface area contributed by atoms with Gasteiger partial charge in [0, 0.05) is 24.4 Å². The van der Waals surface area contributed by atoms with E-state index in [0.29, 0.717) is 17.6 Å². The maximum atomic E-state index is 13.0. The van der Waals surface area contributed by atoms with Crippen molar-refractivity contribution in [2.75, 3.05) is 0 Å². The Morgan fingerprint density at radius 1 is 1.08 bits per heavy atom. The minimum atomic E-state index is -2.81. The fourth-order valence-electron chi connectivity index (χ4n) is 2.50. The number of fused-ring (bicyclic) bond motifs is 1. The molecular weight excluding hydrogens is 333 g/mol. The summed E-state index contributed by atoms with van der Waals surface area (Å²) in [5, 5.41) is 6.94. The maximum Gasteiger partial charge on any atom is 0.314 e. The lowest BCUT2D eigenvalue weighted by Gasteiger charge is -1.96. The summed E-state index contributed by atoms with van der Waals surface area (Å²) in [6, 6.07) is 9.57. The molecule has 3 heterocycles. The summed E-state index contributed by atoms with van der Waals surface area (Å²) in [5.41, 5.74) is 2.85. The molecule has 126 valence electrons. The Hall–Kier alpha value is -3.16. The Morgan fingerprint density at radius 3 is 2.60 bits per heavy atom. The Kier molecular flexibility index (Phi) is 3.72. The molecule has 0 atom stereocenters. The lowest BCUT2D eigenvalue weighted by molar-refractivity contribution is 0.116. The Bertz CT molecular complexity index is 1020. The Balaban J connectivity index is 1.63. The largest absolute Gasteiger partial charge is 0.415 e. The molecule has 8 heteroatoms. The number of rotatable bonds is 4. The average molecular weight is 344 g/mol. The van der Waals surface area contributed by atoms with Crippen LogP contribution in [0.4, 0.5) is 13.2 Å². The van der Waals surface area contributed by atoms with Crippen LogP contribution in [-0.4, -0.2) is 19.6 Å². The van der Waals surface area contributed by atoms with Gasteiger partial charge in [-0.05, 0) is 29.8 Å². The van der Waals surface area contributed by atoms with Crippen molar-refractivity contribution in [1.82, 2.24) is 19.6 Å². The topological polar surface area (TPSA) is 56.2 Å². The number of hydrogen-bond donors (Lipinski definition) is 0. The van der Waals surface area contributed by atoms with Crippen molar-refractivity contribution in [2.45, 2.75) is 12.8 Å². The molecule has 0 unspecified atom stereocenters. The van der Waals surface area contributed by atoms with E-state index in [2.05, 4.69) is 15.2 Å². The highest BCUT2D eigenvalue weighted by Crippen LogP contribution is 2.24. The predicted octanol–water partition coefficient (Wildman–Crippen LogP) is 4.05. The molecule has 0 N–H and O–H groups in total. The van der Waals surface area contributed by atoms with Crippen LogP contribution >= 0.6 is 0 Å². The standard InChI is InChI=1S/C17H11F3N4O/c18-12-3-1-10(2-4-12)7-13-9-24-6-5-11(8-14(24)21-13)16-22-23-17(25-16)15(19)20/h1-6,8-9,15H,7H2. The molecule has 1 aromatic carbocycles. The van der Waals surface area contributed by atoms with Gasteiger partial charge in [-0.3, -0.25) is 0 Å². The molecule has 0 aliphatic heterocycles. The fraction of sp³-hybridized carbons (Fsp3) is 0.118. The first-order valence-corrected chi connectivity index (χ1v) is 7.42. The number of nitrogens with zero attached hydrogens (tertiary/aromatic N) is 4. The zero-order valence-corrected chi connectivity index (χ0v) is 12.7. The maximum absolute atomic E-state index is 13.0. The average Bonchev–Trinajstić information content (AvgIpc) is 3.22. The fourth-order valence-corrected chi connectivity index (χ4v) is 2.50. The van der Waals surface area contributed by atoms with Crippen LogP contribution in [0.25, 0.3) is 17.1 Å². The summed E-state index contributed by atoms with van der Waals surface area (Å²) in [6.07, 6.45) is 1.32. The number of pyridine rings is 1. The zero-order valence-electron chi connectivity index (χ0n) is 12.7. The first kappa shape index (κ1) is 15.4. The first-order valence-electron chi connectivity index (χ1n) is 7.42. The van der Waals surface area contributed by atoms with Crippen molar-refractivity contribution in [3.63, 3.8) is 0 Å². The van der Waals surface area contributed by atoms with Gasteiger partial charge >= 0.3 is 6.43 Å². The lowest BCUT2D eigenvalue weighted by Crippen LogP contribution is -1.88. The van der Waals surface area contributed by atoms with E-state index in [-0.39, 0.29) is 11.7 Å². The second-order valence-electron chi connectivity index (χ2n) is 5.46. The highest BCUT2D eigenvalue weighted by atomic mass is 19.3. The van der Waals surface area contributed by atoms with Gasteiger partial charge in [-0.25, -0.2) is 9.37 Å². The van der Waals surface area contributed by atoms with Gasteiger partial charge in [0.15, 0.2) is 0 Å². The number of imidazole rings is 1. The van der Waals surface area contributed by atoms with E-state index in [9.17, 15) is 13.2 Å². The minimum absolute atomic E-state index is 0.0147. The highest BCUT2D eigenvalue weighted by molar-refractivity contribution is 5.60. The molecule has 0 bridgehead atoms. The smallest absolute Gasteiger partial charge is 0.314 e. The van der Waals surface area contributed by atoms with E-state index in [1.54, 1.807) is 34.9 Å². The molecule has 0 radical (unpaired) electrons. The summed E-state index contributed by atoms with van der Waals surface area (Å²) in [4.78, 5) is 4.49. The molecule has 4 aromatic rings. The van der Waals surface area contributed by atoms with Crippen molar-refractivity contribution in [1.29, 1.82) is 0 Å². The minimum Gasteiger partial charge on any atom is -0.415 e. The summed E-state index contributed by atoms with van der Waals surface area (Å²) < 4.78 is 44.8. The van der Waals surface area contributed by atoms with Gasteiger partial charge in [0.1, 0.15) is 11.5 Å². The predicted molar refractivity (Wildman–Crippen MR) is 82.6 cm³/mol. The van der Waals surface area contributed by atoms with E-state index >= 15 is 0 Å². The molecular formula is C17H11F3N4O. The summed E-state index contributed by atoms with van der Waals surface area (Å²) in [5.74, 6) is -0.984. The summed E-state index contributed by atoms with van der Waals surface area (Å²) in [6.45, 7) is 0. The zero-order chi connectivity index (χ0) is 17.4. The molecule has 0 fully saturated rings. The van der Waals surface area contributed by atoms with Gasteiger partial charge in [-0.1, -0.05) is 12.1 Å². The molecule has 25 heavy (non-hydrogen) atoms. The number of alkyl halides is 2. The number of aromatic nitrogens is 4. The molecule has 5 nitrogen and oxygen atoms in total. The third-order valence-corrected chi connectivity index (χ3v) is 3.68. The van der Waals surface area contributed by atoms with E-state index < -0.39 is 12.3 Å². The normalized spacial score (nSPS) is 11.5. The molecule has 0 spiro atoms. The van der Waals surface area contributed by atoms with Crippen LogP contribution in [0.2, 0.25) is 0 Å². The lowest BCUT2D eigenvalue weighted by atomic mass is 10.1. The molecule has 0 aliphatic carbocycles. The van der Waals surface area contributed by atoms with Gasteiger partial charge < -0.3 is 8.82 Å². The summed E-state index contributed by atoms with van der Waals surface area (Å²) >= 11 is 0. The highest BCUT2D eigenvalue weighted by Gasteiger charge is 2.17.